The van der Waals surface area contributed by atoms with Crippen LogP contribution in [0.2, 0.25) is 4.47 Å². The highest BCUT2D eigenvalue weighted by Gasteiger charge is 2.29. The molecule has 0 spiro atoms. The van der Waals surface area contributed by atoms with E-state index in [1.165, 1.54) is 0 Å². The Kier molecular flexibility index (Phi) is 4.84. The first-order valence-electron chi connectivity index (χ1n) is 6.17. The molecule has 1 aromatic heterocycles. The highest BCUT2D eigenvalue weighted by Crippen LogP contribution is 2.31. The molecule has 2 unspecified atom stereocenters. The van der Waals surface area contributed by atoms with Gasteiger partial charge < -0.3 is 5.11 Å². The molecule has 19 heavy (non-hydrogen) atoms. The fraction of sp³-hybridized carbons (Fsp3) is 0.727. The first kappa shape index (κ1) is 15.2. The quantitative estimate of drug-likeness (QED) is 0.865. The molecule has 1 aliphatic carbocycles. The van der Waals surface area contributed by atoms with Crippen molar-refractivity contribution in [2.24, 2.45) is 11.8 Å². The van der Waals surface area contributed by atoms with E-state index in [1.54, 1.807) is 6.92 Å². The molecule has 0 radical (unpaired) electrons. The van der Waals surface area contributed by atoms with Crippen molar-refractivity contribution < 1.29 is 13.5 Å². The van der Waals surface area contributed by atoms with Crippen molar-refractivity contribution in [1.82, 2.24) is 9.71 Å². The van der Waals surface area contributed by atoms with Crippen LogP contribution in [-0.2, 0) is 10.0 Å². The second kappa shape index (κ2) is 6.05. The average Bonchev–Trinajstić information content (AvgIpc) is 2.93. The molecule has 108 valence electrons. The summed E-state index contributed by atoms with van der Waals surface area (Å²) in [6.07, 6.45) is 2.97. The molecule has 2 rings (SSSR count). The van der Waals surface area contributed by atoms with Crippen LogP contribution in [-0.4, -0.2) is 31.7 Å². The molecule has 1 saturated carbocycles. The molecular weight excluding hydrogens is 308 g/mol. The Morgan fingerprint density at radius 2 is 2.16 bits per heavy atom. The maximum atomic E-state index is 12.2. The third-order valence-electron chi connectivity index (χ3n) is 3.56. The van der Waals surface area contributed by atoms with Gasteiger partial charge in [-0.1, -0.05) is 29.4 Å². The Morgan fingerprint density at radius 3 is 2.74 bits per heavy atom. The highest BCUT2D eigenvalue weighted by molar-refractivity contribution is 7.91. The fourth-order valence-electron chi connectivity index (χ4n) is 2.50. The fourth-order valence-corrected chi connectivity index (χ4v) is 5.38. The number of nitrogens with one attached hydrogen (secondary N) is 1. The van der Waals surface area contributed by atoms with Gasteiger partial charge in [-0.3, -0.25) is 0 Å². The SMILES string of the molecule is Cc1nc(Cl)sc1S(=O)(=O)NCC1CCCC1CO. The molecule has 0 amide bonds. The number of thiazole rings is 1. The van der Waals surface area contributed by atoms with Gasteiger partial charge in [-0.05, 0) is 31.6 Å². The molecule has 1 heterocycles. The van der Waals surface area contributed by atoms with E-state index in [2.05, 4.69) is 9.71 Å². The number of sulfonamides is 1. The van der Waals surface area contributed by atoms with Crippen LogP contribution < -0.4 is 4.72 Å². The second-order valence-corrected chi connectivity index (χ2v) is 8.37. The van der Waals surface area contributed by atoms with Crippen molar-refractivity contribution in [1.29, 1.82) is 0 Å². The van der Waals surface area contributed by atoms with E-state index in [1.807, 2.05) is 0 Å². The van der Waals surface area contributed by atoms with Crippen LogP contribution in [0, 0.1) is 18.8 Å². The van der Waals surface area contributed by atoms with Crippen molar-refractivity contribution in [3.05, 3.63) is 10.2 Å². The zero-order valence-corrected chi connectivity index (χ0v) is 13.0. The van der Waals surface area contributed by atoms with Crippen molar-refractivity contribution in [2.75, 3.05) is 13.2 Å². The van der Waals surface area contributed by atoms with Crippen molar-refractivity contribution in [3.63, 3.8) is 0 Å². The molecule has 0 saturated heterocycles. The maximum absolute atomic E-state index is 12.2. The summed E-state index contributed by atoms with van der Waals surface area (Å²) in [5, 5.41) is 9.23. The minimum Gasteiger partial charge on any atom is -0.396 e. The lowest BCUT2D eigenvalue weighted by Gasteiger charge is -2.17. The average molecular weight is 325 g/mol. The third-order valence-corrected chi connectivity index (χ3v) is 6.85. The molecule has 1 aromatic rings. The predicted octanol–water partition coefficient (Wildman–Crippen LogP) is 1.79. The van der Waals surface area contributed by atoms with Gasteiger partial charge in [-0.15, -0.1) is 0 Å². The normalized spacial score (nSPS) is 23.9. The topological polar surface area (TPSA) is 79.3 Å². The van der Waals surface area contributed by atoms with Gasteiger partial charge in [0.05, 0.1) is 5.69 Å². The number of aliphatic hydroxyl groups is 1. The first-order chi connectivity index (χ1) is 8.94. The maximum Gasteiger partial charge on any atom is 0.251 e. The number of hydrogen-bond acceptors (Lipinski definition) is 5. The lowest BCUT2D eigenvalue weighted by atomic mass is 9.97. The number of halogens is 1. The third kappa shape index (κ3) is 3.46. The van der Waals surface area contributed by atoms with E-state index < -0.39 is 10.0 Å². The Morgan fingerprint density at radius 1 is 1.47 bits per heavy atom. The summed E-state index contributed by atoms with van der Waals surface area (Å²) in [7, 11) is -3.55. The minimum absolute atomic E-state index is 0.123. The molecular formula is C11H17ClN2O3S2. The van der Waals surface area contributed by atoms with Gasteiger partial charge >= 0.3 is 0 Å². The van der Waals surface area contributed by atoms with Crippen LogP contribution in [0.5, 0.6) is 0 Å². The Labute approximate surface area is 122 Å². The Bertz CT molecular complexity index is 544. The van der Waals surface area contributed by atoms with Gasteiger partial charge in [-0.25, -0.2) is 18.1 Å². The summed E-state index contributed by atoms with van der Waals surface area (Å²) in [6.45, 7) is 2.11. The summed E-state index contributed by atoms with van der Waals surface area (Å²) in [6, 6.07) is 0. The van der Waals surface area contributed by atoms with E-state index in [-0.39, 0.29) is 27.1 Å². The molecule has 0 aliphatic heterocycles. The molecule has 1 aliphatic rings. The monoisotopic (exact) mass is 324 g/mol. The number of aromatic nitrogens is 1. The standard InChI is InChI=1S/C11H17ClN2O3S2/c1-7-10(18-11(12)14-7)19(16,17)13-5-8-3-2-4-9(8)6-15/h8-9,13,15H,2-6H2,1H3. The van der Waals surface area contributed by atoms with Crippen molar-refractivity contribution in [2.45, 2.75) is 30.4 Å². The second-order valence-electron chi connectivity index (χ2n) is 4.83. The van der Waals surface area contributed by atoms with E-state index in [4.69, 9.17) is 11.6 Å². The zero-order chi connectivity index (χ0) is 14.0. The van der Waals surface area contributed by atoms with Crippen molar-refractivity contribution >= 4 is 33.0 Å². The van der Waals surface area contributed by atoms with Crippen LogP contribution >= 0.6 is 22.9 Å². The van der Waals surface area contributed by atoms with Gasteiger partial charge in [0, 0.05) is 13.2 Å². The number of nitrogens with zero attached hydrogens (tertiary/aromatic N) is 1. The molecule has 0 bridgehead atoms. The van der Waals surface area contributed by atoms with Gasteiger partial charge in [-0.2, -0.15) is 0 Å². The summed E-state index contributed by atoms with van der Waals surface area (Å²) in [4.78, 5) is 3.91. The summed E-state index contributed by atoms with van der Waals surface area (Å²) >= 11 is 6.69. The van der Waals surface area contributed by atoms with Gasteiger partial charge in [0.2, 0.25) is 0 Å². The van der Waals surface area contributed by atoms with Crippen molar-refractivity contribution in [3.8, 4) is 0 Å². The summed E-state index contributed by atoms with van der Waals surface area (Å²) < 4.78 is 27.3. The lowest BCUT2D eigenvalue weighted by Crippen LogP contribution is -2.31. The predicted molar refractivity (Wildman–Crippen MR) is 75.0 cm³/mol. The highest BCUT2D eigenvalue weighted by atomic mass is 35.5. The molecule has 8 heteroatoms. The smallest absolute Gasteiger partial charge is 0.251 e. The largest absolute Gasteiger partial charge is 0.396 e. The van der Waals surface area contributed by atoms with Crippen LogP contribution in [0.1, 0.15) is 25.0 Å². The lowest BCUT2D eigenvalue weighted by molar-refractivity contribution is 0.195. The molecule has 1 fully saturated rings. The number of aryl methyl sites for hydroxylation is 1. The van der Waals surface area contributed by atoms with Crippen LogP contribution in [0.4, 0.5) is 0 Å². The number of hydrogen-bond donors (Lipinski definition) is 2. The zero-order valence-electron chi connectivity index (χ0n) is 10.6. The van der Waals surface area contributed by atoms with E-state index in [0.717, 1.165) is 30.6 Å². The number of rotatable bonds is 5. The van der Waals surface area contributed by atoms with Gasteiger partial charge in [0.25, 0.3) is 10.0 Å². The van der Waals surface area contributed by atoms with Crippen LogP contribution in [0.25, 0.3) is 0 Å². The van der Waals surface area contributed by atoms with E-state index in [0.29, 0.717) is 12.2 Å². The minimum atomic E-state index is -3.55. The van der Waals surface area contributed by atoms with Crippen LogP contribution in [0.15, 0.2) is 4.21 Å². The summed E-state index contributed by atoms with van der Waals surface area (Å²) in [5.41, 5.74) is 0.424. The van der Waals surface area contributed by atoms with Crippen LogP contribution in [0.3, 0.4) is 0 Å². The number of aliphatic hydroxyl groups excluding tert-OH is 1. The molecule has 5 nitrogen and oxygen atoms in total. The Balaban J connectivity index is 2.04. The van der Waals surface area contributed by atoms with Gasteiger partial charge in [0.1, 0.15) is 0 Å². The molecule has 0 aromatic carbocycles. The Hall–Kier alpha value is -0.210. The molecule has 2 atom stereocenters. The van der Waals surface area contributed by atoms with E-state index >= 15 is 0 Å². The summed E-state index contributed by atoms with van der Waals surface area (Å²) in [5.74, 6) is 0.414. The van der Waals surface area contributed by atoms with Gasteiger partial charge in [0.15, 0.2) is 8.68 Å². The first-order valence-corrected chi connectivity index (χ1v) is 8.85. The molecule has 2 N–H and O–H groups in total. The van der Waals surface area contributed by atoms with E-state index in [9.17, 15) is 13.5 Å².